The number of methoxy groups -OCH3 is 1. The predicted molar refractivity (Wildman–Crippen MR) is 132 cm³/mol. The van der Waals surface area contributed by atoms with Crippen molar-refractivity contribution in [2.45, 2.75) is 19.1 Å². The topological polar surface area (TPSA) is 110 Å². The molecule has 1 amide bonds. The molecule has 4 aromatic heterocycles. The molecule has 5 heterocycles. The lowest BCUT2D eigenvalue weighted by Gasteiger charge is -2.36. The molecule has 0 radical (unpaired) electrons. The summed E-state index contributed by atoms with van der Waals surface area (Å²) >= 11 is 6.51. The van der Waals surface area contributed by atoms with Crippen molar-refractivity contribution in [3.05, 3.63) is 81.8 Å². The van der Waals surface area contributed by atoms with Crippen molar-refractivity contribution in [2.75, 3.05) is 19.0 Å². The smallest absolute Gasteiger partial charge is 0.271 e. The largest absolute Gasteiger partial charge is 0.382 e. The summed E-state index contributed by atoms with van der Waals surface area (Å²) in [5, 5.41) is 7.85. The summed E-state index contributed by atoms with van der Waals surface area (Å²) in [6.45, 7) is 1.19. The van der Waals surface area contributed by atoms with E-state index in [1.54, 1.807) is 41.2 Å². The van der Waals surface area contributed by atoms with Gasteiger partial charge in [0.15, 0.2) is 0 Å². The number of H-pyrrole nitrogens is 1. The molecule has 0 unspecified atom stereocenters. The number of hydrogen-bond donors (Lipinski definition) is 2. The van der Waals surface area contributed by atoms with Crippen LogP contribution in [0, 0.1) is 0 Å². The molecular weight excluding hydrogens is 470 g/mol. The second-order valence-corrected chi connectivity index (χ2v) is 8.77. The van der Waals surface area contributed by atoms with Crippen LogP contribution in [0.1, 0.15) is 16.2 Å². The number of carbonyl (C=O) groups is 1. The van der Waals surface area contributed by atoms with Gasteiger partial charge in [0.2, 0.25) is 5.56 Å². The molecule has 5 rings (SSSR count). The van der Waals surface area contributed by atoms with E-state index in [2.05, 4.69) is 20.4 Å². The second-order valence-electron chi connectivity index (χ2n) is 8.36. The predicted octanol–water partition coefficient (Wildman–Crippen LogP) is 3.04. The average Bonchev–Trinajstić information content (AvgIpc) is 3.44. The van der Waals surface area contributed by atoms with Gasteiger partial charge >= 0.3 is 0 Å². The number of nitrogens with one attached hydrogen (secondary N) is 2. The number of rotatable bonds is 7. The zero-order valence-corrected chi connectivity index (χ0v) is 20.0. The first-order valence-electron chi connectivity index (χ1n) is 11.0. The van der Waals surface area contributed by atoms with Crippen LogP contribution >= 0.6 is 11.6 Å². The highest BCUT2D eigenvalue weighted by molar-refractivity contribution is 6.33. The van der Waals surface area contributed by atoms with Crippen LogP contribution in [0.15, 0.2) is 59.8 Å². The maximum absolute atomic E-state index is 13.5. The summed E-state index contributed by atoms with van der Waals surface area (Å²) in [6, 6.07) is 10.3. The lowest BCUT2D eigenvalue weighted by atomic mass is 10.1. The molecule has 0 aromatic carbocycles. The quantitative estimate of drug-likeness (QED) is 0.409. The summed E-state index contributed by atoms with van der Waals surface area (Å²) in [4.78, 5) is 34.2. The van der Waals surface area contributed by atoms with Gasteiger partial charge in [-0.15, -0.1) is 0 Å². The monoisotopic (exact) mass is 493 g/mol. The Morgan fingerprint density at radius 2 is 2.11 bits per heavy atom. The van der Waals surface area contributed by atoms with Crippen molar-refractivity contribution >= 4 is 29.1 Å². The first-order valence-corrected chi connectivity index (χ1v) is 11.4. The average molecular weight is 494 g/mol. The SMILES string of the molecule is COC[C@H]1Cn2cc(-c3cc(Nc4ccnn4C)ncc3Cl)cc2C(=O)N1Cc1cccc(=O)[nH]1. The van der Waals surface area contributed by atoms with Crippen molar-refractivity contribution in [3.8, 4) is 11.1 Å². The molecule has 0 aliphatic carbocycles. The van der Waals surface area contributed by atoms with E-state index < -0.39 is 0 Å². The Bertz CT molecular complexity index is 1440. The van der Waals surface area contributed by atoms with Gasteiger partial charge in [0.25, 0.3) is 5.91 Å². The van der Waals surface area contributed by atoms with Crippen LogP contribution in [0.2, 0.25) is 5.02 Å². The van der Waals surface area contributed by atoms with E-state index in [4.69, 9.17) is 16.3 Å². The molecule has 0 bridgehead atoms. The van der Waals surface area contributed by atoms with E-state index in [0.717, 1.165) is 16.9 Å². The third kappa shape index (κ3) is 4.58. The number of fused-ring (bicyclic) bond motifs is 1. The summed E-state index contributed by atoms with van der Waals surface area (Å²) in [6.07, 6.45) is 5.20. The number of aryl methyl sites for hydroxylation is 1. The molecule has 0 spiro atoms. The van der Waals surface area contributed by atoms with Crippen LogP contribution in [-0.4, -0.2) is 54.9 Å². The fourth-order valence-corrected chi connectivity index (χ4v) is 4.50. The van der Waals surface area contributed by atoms with Crippen LogP contribution in [0.25, 0.3) is 11.1 Å². The normalized spacial score (nSPS) is 15.3. The van der Waals surface area contributed by atoms with Crippen molar-refractivity contribution in [1.82, 2.24) is 29.2 Å². The van der Waals surface area contributed by atoms with Gasteiger partial charge in [-0.05, 0) is 18.2 Å². The number of pyridine rings is 2. The van der Waals surface area contributed by atoms with Gasteiger partial charge < -0.3 is 24.5 Å². The highest BCUT2D eigenvalue weighted by Crippen LogP contribution is 2.33. The van der Waals surface area contributed by atoms with Crippen molar-refractivity contribution in [3.63, 3.8) is 0 Å². The molecule has 1 atom stereocenters. The Balaban J connectivity index is 1.47. The van der Waals surface area contributed by atoms with Crippen molar-refractivity contribution < 1.29 is 9.53 Å². The maximum Gasteiger partial charge on any atom is 0.271 e. The van der Waals surface area contributed by atoms with Gasteiger partial charge in [0, 0.05) is 62.0 Å². The second kappa shape index (κ2) is 9.40. The Labute approximate surface area is 206 Å². The van der Waals surface area contributed by atoms with E-state index in [0.29, 0.717) is 35.4 Å². The molecule has 0 saturated carbocycles. The summed E-state index contributed by atoms with van der Waals surface area (Å²) in [7, 11) is 3.44. The Morgan fingerprint density at radius 1 is 1.26 bits per heavy atom. The molecule has 35 heavy (non-hydrogen) atoms. The number of hydrogen-bond acceptors (Lipinski definition) is 6. The number of carbonyl (C=O) groups excluding carboxylic acids is 1. The third-order valence-electron chi connectivity index (χ3n) is 6.00. The van der Waals surface area contributed by atoms with E-state index in [-0.39, 0.29) is 24.1 Å². The molecule has 1 aliphatic heterocycles. The molecule has 0 saturated heterocycles. The first kappa shape index (κ1) is 22.9. The summed E-state index contributed by atoms with van der Waals surface area (Å²) < 4.78 is 9.03. The fraction of sp³-hybridized carbons (Fsp3) is 0.250. The van der Waals surface area contributed by atoms with Gasteiger partial charge in [-0.25, -0.2) is 4.98 Å². The summed E-state index contributed by atoms with van der Waals surface area (Å²) in [5.41, 5.74) is 2.56. The van der Waals surface area contributed by atoms with Gasteiger partial charge in [0.1, 0.15) is 17.3 Å². The Hall–Kier alpha value is -3.89. The Kier molecular flexibility index (Phi) is 6.14. The third-order valence-corrected chi connectivity index (χ3v) is 6.30. The molecule has 10 nitrogen and oxygen atoms in total. The van der Waals surface area contributed by atoms with Crippen molar-refractivity contribution in [1.29, 1.82) is 0 Å². The van der Waals surface area contributed by atoms with E-state index in [9.17, 15) is 9.59 Å². The number of amides is 1. The van der Waals surface area contributed by atoms with Crippen LogP contribution in [0.5, 0.6) is 0 Å². The van der Waals surface area contributed by atoms with Crippen LogP contribution < -0.4 is 10.9 Å². The van der Waals surface area contributed by atoms with Gasteiger partial charge in [0.05, 0.1) is 30.4 Å². The zero-order valence-electron chi connectivity index (χ0n) is 19.2. The van der Waals surface area contributed by atoms with Crippen LogP contribution in [0.4, 0.5) is 11.6 Å². The van der Waals surface area contributed by atoms with E-state index in [1.807, 2.05) is 36.0 Å². The minimum atomic E-state index is -0.205. The van der Waals surface area contributed by atoms with E-state index in [1.165, 1.54) is 6.07 Å². The highest BCUT2D eigenvalue weighted by atomic mass is 35.5. The fourth-order valence-electron chi connectivity index (χ4n) is 4.29. The number of anilines is 2. The number of nitrogens with zero attached hydrogens (tertiary/aromatic N) is 5. The molecule has 2 N–H and O–H groups in total. The minimum Gasteiger partial charge on any atom is -0.382 e. The number of aromatic nitrogens is 5. The lowest BCUT2D eigenvalue weighted by molar-refractivity contribution is 0.0384. The van der Waals surface area contributed by atoms with Gasteiger partial charge in [-0.1, -0.05) is 17.7 Å². The molecule has 0 fully saturated rings. The van der Waals surface area contributed by atoms with Gasteiger partial charge in [-0.2, -0.15) is 5.10 Å². The number of aromatic amines is 1. The van der Waals surface area contributed by atoms with Gasteiger partial charge in [-0.3, -0.25) is 14.3 Å². The standard InChI is InChI=1S/C24H24ClN7O3/c1-30-22(6-7-27-30)29-21-9-18(19(25)10-26-21)15-8-20-24(34)32(12-16-4-3-5-23(33)28-16)17(14-35-2)13-31(20)11-15/h3-11,17H,12-14H2,1-2H3,(H,26,29)(H,28,33)/t17-/m1/s1. The van der Waals surface area contributed by atoms with E-state index >= 15 is 0 Å². The van der Waals surface area contributed by atoms with Crippen molar-refractivity contribution in [2.24, 2.45) is 7.05 Å². The van der Waals surface area contributed by atoms with Crippen LogP contribution in [0.3, 0.4) is 0 Å². The number of ether oxygens (including phenoxy) is 1. The Morgan fingerprint density at radius 3 is 2.86 bits per heavy atom. The number of halogens is 1. The minimum absolute atomic E-state index is 0.146. The van der Waals surface area contributed by atoms with Crippen LogP contribution in [-0.2, 0) is 24.9 Å². The summed E-state index contributed by atoms with van der Waals surface area (Å²) in [5.74, 6) is 1.25. The molecule has 11 heteroatoms. The maximum atomic E-state index is 13.5. The highest BCUT2D eigenvalue weighted by Gasteiger charge is 2.33. The lowest BCUT2D eigenvalue weighted by Crippen LogP contribution is -2.49. The zero-order chi connectivity index (χ0) is 24.5. The molecular formula is C24H24ClN7O3. The first-order chi connectivity index (χ1) is 16.9. The molecule has 1 aliphatic rings. The molecule has 4 aromatic rings. The molecule has 180 valence electrons.